The molecule has 90 valence electrons. The molecule has 1 fully saturated rings. The number of morpholine rings is 1. The second kappa shape index (κ2) is 6.84. The first kappa shape index (κ1) is 13.4. The molecule has 15 heavy (non-hydrogen) atoms. The summed E-state index contributed by atoms with van der Waals surface area (Å²) in [6.07, 6.45) is 1.51. The highest BCUT2D eigenvalue weighted by Gasteiger charge is 2.18. The van der Waals surface area contributed by atoms with Crippen molar-refractivity contribution in [2.24, 2.45) is 0 Å². The standard InChI is InChI=1S/C11H23BrN2O/c1-9(12)6-10(2)13-7-11-8-14(3)4-5-15-11/h9-11,13H,4-8H2,1-3H3. The molecule has 0 amide bonds. The van der Waals surface area contributed by atoms with Crippen LogP contribution < -0.4 is 5.32 Å². The van der Waals surface area contributed by atoms with Gasteiger partial charge in [-0.3, -0.25) is 0 Å². The molecule has 0 saturated carbocycles. The van der Waals surface area contributed by atoms with Gasteiger partial charge in [-0.05, 0) is 20.4 Å². The first-order valence-corrected chi connectivity index (χ1v) is 6.67. The molecule has 3 nitrogen and oxygen atoms in total. The third kappa shape index (κ3) is 5.85. The molecule has 1 rings (SSSR count). The zero-order valence-corrected chi connectivity index (χ0v) is 11.6. The topological polar surface area (TPSA) is 24.5 Å². The van der Waals surface area contributed by atoms with Crippen LogP contribution in [0.4, 0.5) is 0 Å². The predicted molar refractivity (Wildman–Crippen MR) is 67.7 cm³/mol. The largest absolute Gasteiger partial charge is 0.374 e. The maximum Gasteiger partial charge on any atom is 0.0826 e. The van der Waals surface area contributed by atoms with Crippen molar-refractivity contribution in [1.29, 1.82) is 0 Å². The number of rotatable bonds is 5. The van der Waals surface area contributed by atoms with Gasteiger partial charge in [0.2, 0.25) is 0 Å². The summed E-state index contributed by atoms with van der Waals surface area (Å²) >= 11 is 3.57. The van der Waals surface area contributed by atoms with Crippen molar-refractivity contribution >= 4 is 15.9 Å². The van der Waals surface area contributed by atoms with Gasteiger partial charge in [0.25, 0.3) is 0 Å². The first-order valence-electron chi connectivity index (χ1n) is 5.75. The van der Waals surface area contributed by atoms with E-state index in [9.17, 15) is 0 Å². The Bertz CT molecular complexity index is 178. The monoisotopic (exact) mass is 278 g/mol. The second-order valence-electron chi connectivity index (χ2n) is 4.58. The molecule has 0 aliphatic carbocycles. The molecule has 0 aromatic rings. The van der Waals surface area contributed by atoms with E-state index in [-0.39, 0.29) is 0 Å². The Labute approximate surface area is 102 Å². The van der Waals surface area contributed by atoms with E-state index in [0.717, 1.165) is 32.7 Å². The van der Waals surface area contributed by atoms with Crippen LogP contribution in [0.5, 0.6) is 0 Å². The van der Waals surface area contributed by atoms with Crippen LogP contribution >= 0.6 is 15.9 Å². The third-order valence-electron chi connectivity index (χ3n) is 2.71. The minimum atomic E-state index is 0.358. The number of hydrogen-bond donors (Lipinski definition) is 1. The summed E-state index contributed by atoms with van der Waals surface area (Å²) in [4.78, 5) is 2.91. The Hall–Kier alpha value is 0.360. The van der Waals surface area contributed by atoms with Crippen LogP contribution in [0.15, 0.2) is 0 Å². The summed E-state index contributed by atoms with van der Waals surface area (Å²) in [5.41, 5.74) is 0. The van der Waals surface area contributed by atoms with Crippen molar-refractivity contribution < 1.29 is 4.74 Å². The Morgan fingerprint density at radius 3 is 2.87 bits per heavy atom. The van der Waals surface area contributed by atoms with E-state index in [1.54, 1.807) is 0 Å². The summed E-state index contributed by atoms with van der Waals surface area (Å²) in [7, 11) is 2.15. The van der Waals surface area contributed by atoms with E-state index in [1.807, 2.05) is 0 Å². The van der Waals surface area contributed by atoms with Crippen molar-refractivity contribution in [2.75, 3.05) is 33.3 Å². The van der Waals surface area contributed by atoms with Crippen LogP contribution in [0, 0.1) is 0 Å². The Morgan fingerprint density at radius 2 is 2.27 bits per heavy atom. The molecule has 3 unspecified atom stereocenters. The summed E-state index contributed by atoms with van der Waals surface area (Å²) in [6.45, 7) is 8.35. The van der Waals surface area contributed by atoms with Gasteiger partial charge in [0.05, 0.1) is 12.7 Å². The minimum Gasteiger partial charge on any atom is -0.374 e. The predicted octanol–water partition coefficient (Wildman–Crippen LogP) is 1.47. The van der Waals surface area contributed by atoms with E-state index in [2.05, 4.69) is 47.0 Å². The van der Waals surface area contributed by atoms with E-state index in [4.69, 9.17) is 4.74 Å². The number of nitrogens with one attached hydrogen (secondary N) is 1. The zero-order chi connectivity index (χ0) is 11.3. The van der Waals surface area contributed by atoms with Crippen LogP contribution in [0.2, 0.25) is 0 Å². The fourth-order valence-electron chi connectivity index (χ4n) is 1.89. The molecule has 0 bridgehead atoms. The van der Waals surface area contributed by atoms with Gasteiger partial charge < -0.3 is 15.0 Å². The van der Waals surface area contributed by atoms with Crippen molar-refractivity contribution in [3.63, 3.8) is 0 Å². The van der Waals surface area contributed by atoms with Gasteiger partial charge in [0, 0.05) is 30.5 Å². The lowest BCUT2D eigenvalue weighted by Crippen LogP contribution is -2.46. The van der Waals surface area contributed by atoms with E-state index in [1.165, 1.54) is 0 Å². The summed E-state index contributed by atoms with van der Waals surface area (Å²) in [6, 6.07) is 0.551. The van der Waals surface area contributed by atoms with Gasteiger partial charge >= 0.3 is 0 Å². The quantitative estimate of drug-likeness (QED) is 0.771. The molecule has 1 N–H and O–H groups in total. The Morgan fingerprint density at radius 1 is 1.53 bits per heavy atom. The SMILES string of the molecule is CC(Br)CC(C)NCC1CN(C)CCO1. The van der Waals surface area contributed by atoms with Gasteiger partial charge in [-0.1, -0.05) is 22.9 Å². The fourth-order valence-corrected chi connectivity index (χ4v) is 2.45. The highest BCUT2D eigenvalue weighted by atomic mass is 79.9. The van der Waals surface area contributed by atoms with Crippen molar-refractivity contribution in [1.82, 2.24) is 10.2 Å². The average molecular weight is 279 g/mol. The highest BCUT2D eigenvalue weighted by Crippen LogP contribution is 2.07. The molecule has 1 saturated heterocycles. The molecular formula is C11H23BrN2O. The lowest BCUT2D eigenvalue weighted by molar-refractivity contribution is -0.0191. The number of alkyl halides is 1. The average Bonchev–Trinajstić information content (AvgIpc) is 2.14. The molecule has 4 heteroatoms. The fraction of sp³-hybridized carbons (Fsp3) is 1.00. The van der Waals surface area contributed by atoms with E-state index < -0.39 is 0 Å². The third-order valence-corrected chi connectivity index (χ3v) is 3.09. The van der Waals surface area contributed by atoms with Gasteiger partial charge in [0.1, 0.15) is 0 Å². The van der Waals surface area contributed by atoms with Crippen LogP contribution in [-0.4, -0.2) is 55.2 Å². The second-order valence-corrected chi connectivity index (χ2v) is 6.14. The molecule has 1 aliphatic heterocycles. The zero-order valence-electron chi connectivity index (χ0n) is 10.0. The smallest absolute Gasteiger partial charge is 0.0826 e. The van der Waals surface area contributed by atoms with Crippen LogP contribution in [0.3, 0.4) is 0 Å². The number of ether oxygens (including phenoxy) is 1. The molecule has 0 radical (unpaired) electrons. The highest BCUT2D eigenvalue weighted by molar-refractivity contribution is 9.09. The van der Waals surface area contributed by atoms with E-state index >= 15 is 0 Å². The van der Waals surface area contributed by atoms with Crippen molar-refractivity contribution in [2.45, 2.75) is 37.2 Å². The number of halogens is 1. The van der Waals surface area contributed by atoms with Crippen LogP contribution in [0.1, 0.15) is 20.3 Å². The minimum absolute atomic E-state index is 0.358. The number of nitrogens with zero attached hydrogens (tertiary/aromatic N) is 1. The van der Waals surface area contributed by atoms with Crippen molar-refractivity contribution in [3.8, 4) is 0 Å². The first-order chi connectivity index (χ1) is 7.08. The molecule has 1 aliphatic rings. The van der Waals surface area contributed by atoms with Crippen LogP contribution in [-0.2, 0) is 4.74 Å². The molecule has 1 heterocycles. The number of likely N-dealkylation sites (N-methyl/N-ethyl adjacent to an activating group) is 1. The van der Waals surface area contributed by atoms with Crippen molar-refractivity contribution in [3.05, 3.63) is 0 Å². The normalized spacial score (nSPS) is 27.6. The lowest BCUT2D eigenvalue weighted by Gasteiger charge is -2.31. The van der Waals surface area contributed by atoms with Gasteiger partial charge in [-0.15, -0.1) is 0 Å². The summed E-state index contributed by atoms with van der Waals surface area (Å²) < 4.78 is 5.69. The van der Waals surface area contributed by atoms with Gasteiger partial charge in [-0.25, -0.2) is 0 Å². The molecular weight excluding hydrogens is 256 g/mol. The van der Waals surface area contributed by atoms with Gasteiger partial charge in [-0.2, -0.15) is 0 Å². The Balaban J connectivity index is 2.13. The molecule has 0 spiro atoms. The summed E-state index contributed by atoms with van der Waals surface area (Å²) in [5, 5.41) is 3.52. The Kier molecular flexibility index (Phi) is 6.12. The molecule has 3 atom stereocenters. The molecule has 0 aromatic carbocycles. The molecule has 0 aromatic heterocycles. The number of hydrogen-bond acceptors (Lipinski definition) is 3. The van der Waals surface area contributed by atoms with E-state index in [0.29, 0.717) is 17.0 Å². The van der Waals surface area contributed by atoms with Crippen LogP contribution in [0.25, 0.3) is 0 Å². The lowest BCUT2D eigenvalue weighted by atomic mass is 10.2. The maximum atomic E-state index is 5.69. The van der Waals surface area contributed by atoms with Gasteiger partial charge in [0.15, 0.2) is 0 Å². The summed E-state index contributed by atoms with van der Waals surface area (Å²) in [5.74, 6) is 0. The maximum absolute atomic E-state index is 5.69.